The molecule has 20 heavy (non-hydrogen) atoms. The smallest absolute Gasteiger partial charge is 0.407 e. The molecule has 1 rings (SSSR count). The fraction of sp³-hybridized carbons (Fsp3) is 0.571. The molecule has 0 unspecified atom stereocenters. The van der Waals surface area contributed by atoms with Crippen molar-refractivity contribution in [3.8, 4) is 0 Å². The largest absolute Gasteiger partial charge is 0.459 e. The van der Waals surface area contributed by atoms with Gasteiger partial charge in [-0.2, -0.15) is 0 Å². The molecule has 0 saturated carbocycles. The van der Waals surface area contributed by atoms with Crippen LogP contribution in [0.1, 0.15) is 43.8 Å². The summed E-state index contributed by atoms with van der Waals surface area (Å²) in [4.78, 5) is 23.3. The van der Waals surface area contributed by atoms with Crippen molar-refractivity contribution >= 4 is 12.0 Å². The molecule has 0 aromatic carbocycles. The summed E-state index contributed by atoms with van der Waals surface area (Å²) in [5.41, 5.74) is 0.230. The highest BCUT2D eigenvalue weighted by Crippen LogP contribution is 2.08. The Morgan fingerprint density at radius 2 is 2.05 bits per heavy atom. The van der Waals surface area contributed by atoms with Gasteiger partial charge in [0.05, 0.1) is 6.26 Å². The van der Waals surface area contributed by atoms with Crippen molar-refractivity contribution in [1.29, 1.82) is 0 Å². The van der Waals surface area contributed by atoms with E-state index in [2.05, 4.69) is 10.6 Å². The maximum Gasteiger partial charge on any atom is 0.407 e. The molecule has 2 amide bonds. The first-order valence-electron chi connectivity index (χ1n) is 6.51. The van der Waals surface area contributed by atoms with Crippen LogP contribution < -0.4 is 10.6 Å². The lowest BCUT2D eigenvalue weighted by Gasteiger charge is -2.22. The molecule has 1 aromatic heterocycles. The number of carbonyl (C=O) groups excluding carboxylic acids is 2. The summed E-state index contributed by atoms with van der Waals surface area (Å²) >= 11 is 0. The van der Waals surface area contributed by atoms with E-state index in [1.807, 2.05) is 0 Å². The highest BCUT2D eigenvalue weighted by Gasteiger charge is 2.18. The summed E-state index contributed by atoms with van der Waals surface area (Å²) in [5.74, 6) is -0.0141. The number of nitrogens with one attached hydrogen (secondary N) is 2. The first-order chi connectivity index (χ1) is 9.19. The average Bonchev–Trinajstić information content (AvgIpc) is 2.69. The lowest BCUT2D eigenvalue weighted by Crippen LogP contribution is -2.43. The molecule has 6 heteroatoms. The standard InChI is InChI=1S/C14H22N2O4/c1-9-6-7-19-11(9)12(17)15-8-10(2)16-13(18)20-14(3,4)5/h6-7,10H,8H2,1-5H3,(H,15,17)(H,16,18)/t10-/m0/s1. The highest BCUT2D eigenvalue weighted by atomic mass is 16.6. The zero-order valence-corrected chi connectivity index (χ0v) is 12.6. The average molecular weight is 282 g/mol. The summed E-state index contributed by atoms with van der Waals surface area (Å²) in [6.07, 6.45) is 0.959. The third-order valence-corrected chi connectivity index (χ3v) is 2.40. The molecule has 1 atom stereocenters. The lowest BCUT2D eigenvalue weighted by molar-refractivity contribution is 0.0506. The predicted octanol–water partition coefficient (Wildman–Crippen LogP) is 2.23. The molecule has 0 radical (unpaired) electrons. The quantitative estimate of drug-likeness (QED) is 0.887. The van der Waals surface area contributed by atoms with Crippen LogP contribution in [-0.2, 0) is 4.74 Å². The number of hydrogen-bond donors (Lipinski definition) is 2. The van der Waals surface area contributed by atoms with Gasteiger partial charge in [-0.15, -0.1) is 0 Å². The van der Waals surface area contributed by atoms with E-state index in [9.17, 15) is 9.59 Å². The van der Waals surface area contributed by atoms with Crippen LogP contribution in [0, 0.1) is 6.92 Å². The molecule has 1 aromatic rings. The third kappa shape index (κ3) is 5.34. The molecule has 0 aliphatic rings. The number of alkyl carbamates (subject to hydrolysis) is 1. The van der Waals surface area contributed by atoms with E-state index in [-0.39, 0.29) is 24.3 Å². The first-order valence-corrected chi connectivity index (χ1v) is 6.51. The van der Waals surface area contributed by atoms with Crippen LogP contribution in [-0.4, -0.2) is 30.2 Å². The van der Waals surface area contributed by atoms with Gasteiger partial charge in [0.25, 0.3) is 5.91 Å². The Hall–Kier alpha value is -1.98. The van der Waals surface area contributed by atoms with Gasteiger partial charge < -0.3 is 19.8 Å². The topological polar surface area (TPSA) is 80.6 Å². The van der Waals surface area contributed by atoms with Crippen molar-refractivity contribution in [2.24, 2.45) is 0 Å². The molecular formula is C14H22N2O4. The number of hydrogen-bond acceptors (Lipinski definition) is 4. The second-order valence-electron chi connectivity index (χ2n) is 5.69. The number of rotatable bonds is 4. The number of amides is 2. The van der Waals surface area contributed by atoms with Gasteiger partial charge >= 0.3 is 6.09 Å². The van der Waals surface area contributed by atoms with Gasteiger partial charge in [-0.1, -0.05) is 0 Å². The van der Waals surface area contributed by atoms with Crippen LogP contribution in [0.25, 0.3) is 0 Å². The summed E-state index contributed by atoms with van der Waals surface area (Å²) in [5, 5.41) is 5.34. The van der Waals surface area contributed by atoms with Crippen molar-refractivity contribution in [2.75, 3.05) is 6.54 Å². The van der Waals surface area contributed by atoms with Gasteiger partial charge in [-0.25, -0.2) is 4.79 Å². The van der Waals surface area contributed by atoms with Gasteiger partial charge in [0, 0.05) is 18.2 Å². The molecule has 0 bridgehead atoms. The lowest BCUT2D eigenvalue weighted by atomic mass is 10.2. The van der Waals surface area contributed by atoms with Crippen molar-refractivity contribution in [3.05, 3.63) is 23.7 Å². The van der Waals surface area contributed by atoms with Crippen LogP contribution in [0.4, 0.5) is 4.79 Å². The molecule has 2 N–H and O–H groups in total. The third-order valence-electron chi connectivity index (χ3n) is 2.40. The van der Waals surface area contributed by atoms with Crippen LogP contribution in [0.3, 0.4) is 0 Å². The zero-order chi connectivity index (χ0) is 15.3. The SMILES string of the molecule is Cc1ccoc1C(=O)NC[C@H](C)NC(=O)OC(C)(C)C. The van der Waals surface area contributed by atoms with Crippen LogP contribution in [0.5, 0.6) is 0 Å². The number of ether oxygens (including phenoxy) is 1. The Kier molecular flexibility index (Phi) is 5.19. The Bertz CT molecular complexity index is 474. The Balaban J connectivity index is 2.37. The normalized spacial score (nSPS) is 12.7. The zero-order valence-electron chi connectivity index (χ0n) is 12.6. The van der Waals surface area contributed by atoms with E-state index in [4.69, 9.17) is 9.15 Å². The van der Waals surface area contributed by atoms with Crippen LogP contribution in [0.2, 0.25) is 0 Å². The second-order valence-corrected chi connectivity index (χ2v) is 5.69. The van der Waals surface area contributed by atoms with Gasteiger partial charge in [-0.05, 0) is 40.7 Å². The first kappa shape index (κ1) is 16.1. The van der Waals surface area contributed by atoms with Crippen molar-refractivity contribution in [2.45, 2.75) is 46.3 Å². The fourth-order valence-corrected chi connectivity index (χ4v) is 1.49. The minimum atomic E-state index is -0.543. The van der Waals surface area contributed by atoms with Crippen LogP contribution >= 0.6 is 0 Å². The van der Waals surface area contributed by atoms with Gasteiger partial charge in [0.15, 0.2) is 5.76 Å². The van der Waals surface area contributed by atoms with Gasteiger partial charge in [0.1, 0.15) is 5.60 Å². The Morgan fingerprint density at radius 1 is 1.40 bits per heavy atom. The number of furan rings is 1. The van der Waals surface area contributed by atoms with Crippen LogP contribution in [0.15, 0.2) is 16.7 Å². The maximum atomic E-state index is 11.8. The second kappa shape index (κ2) is 6.45. The molecule has 112 valence electrons. The fourth-order valence-electron chi connectivity index (χ4n) is 1.49. The summed E-state index contributed by atoms with van der Waals surface area (Å²) < 4.78 is 10.2. The van der Waals surface area contributed by atoms with Gasteiger partial charge in [0.2, 0.25) is 0 Å². The summed E-state index contributed by atoms with van der Waals surface area (Å²) in [6.45, 7) is 9.23. The maximum absolute atomic E-state index is 11.8. The van der Waals surface area contributed by atoms with Gasteiger partial charge in [-0.3, -0.25) is 4.79 Å². The van der Waals surface area contributed by atoms with Crippen molar-refractivity contribution in [3.63, 3.8) is 0 Å². The monoisotopic (exact) mass is 282 g/mol. The molecule has 0 aliphatic carbocycles. The predicted molar refractivity (Wildman–Crippen MR) is 74.6 cm³/mol. The van der Waals surface area contributed by atoms with E-state index in [1.54, 1.807) is 40.7 Å². The molecule has 0 aliphatic heterocycles. The molecule has 0 fully saturated rings. The number of carbonyl (C=O) groups is 2. The minimum Gasteiger partial charge on any atom is -0.459 e. The summed E-state index contributed by atoms with van der Waals surface area (Å²) in [6, 6.07) is 1.47. The van der Waals surface area contributed by atoms with E-state index in [0.29, 0.717) is 0 Å². The van der Waals surface area contributed by atoms with E-state index >= 15 is 0 Å². The molecule has 0 spiro atoms. The highest BCUT2D eigenvalue weighted by molar-refractivity contribution is 5.92. The molecular weight excluding hydrogens is 260 g/mol. The molecule has 1 heterocycles. The van der Waals surface area contributed by atoms with E-state index in [0.717, 1.165) is 5.56 Å². The summed E-state index contributed by atoms with van der Waals surface area (Å²) in [7, 11) is 0. The molecule has 6 nitrogen and oxygen atoms in total. The Morgan fingerprint density at radius 3 is 2.55 bits per heavy atom. The minimum absolute atomic E-state index is 0.246. The Labute approximate surface area is 118 Å². The van der Waals surface area contributed by atoms with Crippen molar-refractivity contribution < 1.29 is 18.7 Å². The van der Waals surface area contributed by atoms with E-state index < -0.39 is 11.7 Å². The van der Waals surface area contributed by atoms with Crippen molar-refractivity contribution in [1.82, 2.24) is 10.6 Å². The number of aryl methyl sites for hydroxylation is 1. The molecule has 0 saturated heterocycles. The van der Waals surface area contributed by atoms with E-state index in [1.165, 1.54) is 6.26 Å².